The van der Waals surface area contributed by atoms with Crippen LogP contribution in [0.1, 0.15) is 11.3 Å². The maximum Gasteiger partial charge on any atom is 0.291 e. The Morgan fingerprint density at radius 2 is 1.86 bits per heavy atom. The van der Waals surface area contributed by atoms with Crippen LogP contribution in [0.3, 0.4) is 0 Å². The van der Waals surface area contributed by atoms with Gasteiger partial charge in [-0.2, -0.15) is 8.42 Å². The molecule has 0 fully saturated rings. The van der Waals surface area contributed by atoms with E-state index in [1.807, 2.05) is 6.92 Å². The summed E-state index contributed by atoms with van der Waals surface area (Å²) in [7, 11) is -7.41. The summed E-state index contributed by atoms with van der Waals surface area (Å²) < 4.78 is 61.9. The van der Waals surface area contributed by atoms with Crippen molar-refractivity contribution < 1.29 is 26.9 Å². The lowest BCUT2D eigenvalue weighted by Crippen LogP contribution is -2.29. The molecule has 0 saturated carbocycles. The summed E-state index contributed by atoms with van der Waals surface area (Å²) in [5, 5.41) is 25.5. The summed E-state index contributed by atoms with van der Waals surface area (Å²) >= 11 is 3.06. The SMILES string of the molecule is Cc1ccc(S(=O)(=O)N=[S@@](C)(=O)NCCNc2nonc2/C(=N/O)Nc2ccc(F)c(Br)c2)cc1. The molecule has 0 unspecified atom stereocenters. The van der Waals surface area contributed by atoms with Crippen molar-refractivity contribution in [3.63, 3.8) is 0 Å². The van der Waals surface area contributed by atoms with Crippen LogP contribution in [0.15, 0.2) is 65.4 Å². The summed E-state index contributed by atoms with van der Waals surface area (Å²) in [5.74, 6) is -0.527. The van der Waals surface area contributed by atoms with Crippen molar-refractivity contribution >= 4 is 53.2 Å². The summed E-state index contributed by atoms with van der Waals surface area (Å²) in [6, 6.07) is 10.1. The van der Waals surface area contributed by atoms with E-state index in [0.717, 1.165) is 5.56 Å². The van der Waals surface area contributed by atoms with Crippen LogP contribution >= 0.6 is 15.9 Å². The average Bonchev–Trinajstić information content (AvgIpc) is 3.25. The Hall–Kier alpha value is -3.08. The Morgan fingerprint density at radius 3 is 2.51 bits per heavy atom. The van der Waals surface area contributed by atoms with Gasteiger partial charge < -0.3 is 15.8 Å². The van der Waals surface area contributed by atoms with Gasteiger partial charge in [0.1, 0.15) is 15.7 Å². The van der Waals surface area contributed by atoms with Crippen molar-refractivity contribution in [1.82, 2.24) is 15.0 Å². The lowest BCUT2D eigenvalue weighted by molar-refractivity contribution is 0.305. The molecule has 0 aliphatic heterocycles. The number of hydrogen-bond acceptors (Lipinski definition) is 9. The van der Waals surface area contributed by atoms with E-state index in [1.165, 1.54) is 36.6 Å². The van der Waals surface area contributed by atoms with Crippen LogP contribution in [0.4, 0.5) is 15.9 Å². The second-order valence-electron chi connectivity index (χ2n) is 7.15. The molecule has 0 spiro atoms. The van der Waals surface area contributed by atoms with Crippen molar-refractivity contribution in [3.05, 3.63) is 64.0 Å². The number of aryl methyl sites for hydroxylation is 1. The molecular weight excluding hydrogens is 569 g/mol. The number of sulfonamides is 1. The molecule has 1 atom stereocenters. The number of aromatic nitrogens is 2. The first-order valence-corrected chi connectivity index (χ1v) is 14.0. The molecule has 1 aromatic heterocycles. The van der Waals surface area contributed by atoms with Gasteiger partial charge in [-0.15, -0.1) is 0 Å². The van der Waals surface area contributed by atoms with Crippen molar-refractivity contribution in [2.75, 3.05) is 30.0 Å². The first-order valence-electron chi connectivity index (χ1n) is 9.81. The molecular formula is C19H21BrFN7O5S2. The van der Waals surface area contributed by atoms with E-state index in [4.69, 9.17) is 4.63 Å². The second kappa shape index (κ2) is 11.1. The molecule has 0 bridgehead atoms. The third-order valence-electron chi connectivity index (χ3n) is 4.34. The average molecular weight is 590 g/mol. The number of rotatable bonds is 9. The van der Waals surface area contributed by atoms with Crippen LogP contribution in [0, 0.1) is 12.7 Å². The fourth-order valence-corrected chi connectivity index (χ4v) is 6.08. The van der Waals surface area contributed by atoms with Gasteiger partial charge in [-0.1, -0.05) is 26.6 Å². The monoisotopic (exact) mass is 589 g/mol. The third-order valence-corrected chi connectivity index (χ3v) is 8.48. The van der Waals surface area contributed by atoms with Crippen LogP contribution in [0.2, 0.25) is 0 Å². The molecule has 3 rings (SSSR count). The Balaban J connectivity index is 1.62. The molecule has 0 aliphatic carbocycles. The van der Waals surface area contributed by atoms with Crippen LogP contribution in [0.5, 0.6) is 0 Å². The topological polar surface area (TPSA) is 171 Å². The van der Waals surface area contributed by atoms with E-state index in [1.54, 1.807) is 12.1 Å². The zero-order valence-electron chi connectivity index (χ0n) is 18.4. The molecule has 0 radical (unpaired) electrons. The van der Waals surface area contributed by atoms with E-state index in [2.05, 4.69) is 50.5 Å². The van der Waals surface area contributed by atoms with E-state index >= 15 is 0 Å². The first-order chi connectivity index (χ1) is 16.5. The smallest absolute Gasteiger partial charge is 0.291 e. The number of oxime groups is 1. The quantitative estimate of drug-likeness (QED) is 0.0962. The zero-order chi connectivity index (χ0) is 25.6. The number of benzene rings is 2. The highest BCUT2D eigenvalue weighted by Gasteiger charge is 2.19. The Kier molecular flexibility index (Phi) is 8.42. The predicted molar refractivity (Wildman–Crippen MR) is 132 cm³/mol. The number of anilines is 2. The lowest BCUT2D eigenvalue weighted by Gasteiger charge is -2.10. The summed E-state index contributed by atoms with van der Waals surface area (Å²) in [6.45, 7) is 1.94. The minimum Gasteiger partial charge on any atom is -0.409 e. The number of nitrogens with one attached hydrogen (secondary N) is 3. The van der Waals surface area contributed by atoms with Crippen molar-refractivity contribution in [1.29, 1.82) is 0 Å². The number of halogens is 2. The highest BCUT2D eigenvalue weighted by atomic mass is 79.9. The Bertz CT molecular complexity index is 1450. The van der Waals surface area contributed by atoms with Gasteiger partial charge in [0.15, 0.2) is 5.69 Å². The predicted octanol–water partition coefficient (Wildman–Crippen LogP) is 2.93. The van der Waals surface area contributed by atoms with Crippen LogP contribution in [-0.2, 0) is 19.9 Å². The van der Waals surface area contributed by atoms with Crippen LogP contribution in [0.25, 0.3) is 0 Å². The largest absolute Gasteiger partial charge is 0.409 e. The molecule has 0 amide bonds. The van der Waals surface area contributed by atoms with Gasteiger partial charge in [0.05, 0.1) is 9.37 Å². The van der Waals surface area contributed by atoms with Gasteiger partial charge in [-0.25, -0.2) is 18.0 Å². The fraction of sp³-hybridized carbons (Fsp3) is 0.211. The molecule has 3 aromatic rings. The van der Waals surface area contributed by atoms with Crippen LogP contribution in [-0.4, -0.2) is 53.3 Å². The number of nitrogens with zero attached hydrogens (tertiary/aromatic N) is 4. The molecule has 188 valence electrons. The van der Waals surface area contributed by atoms with E-state index in [9.17, 15) is 22.2 Å². The molecule has 4 N–H and O–H groups in total. The molecule has 0 aliphatic rings. The Labute approximate surface area is 209 Å². The van der Waals surface area contributed by atoms with E-state index in [-0.39, 0.29) is 39.8 Å². The molecule has 0 saturated heterocycles. The fourth-order valence-electron chi connectivity index (χ4n) is 2.69. The van der Waals surface area contributed by atoms with Gasteiger partial charge >= 0.3 is 0 Å². The van der Waals surface area contributed by atoms with Gasteiger partial charge in [-0.05, 0) is 63.5 Å². The molecule has 1 heterocycles. The maximum atomic E-state index is 13.4. The standard InChI is InChI=1S/C19H21BrFN7O5S2/c1-12-3-6-14(7-4-12)35(31,32)28-34(2,30)23-10-9-22-18-17(26-33-27-18)19(25-29)24-13-5-8-16(21)15(20)11-13/h3-8,11,29H,9-10H2,1-2H3,(H,22,27)(H,24,25)(H,23,28,30)/t34-/m0/s1. The molecule has 2 aromatic carbocycles. The molecule has 35 heavy (non-hydrogen) atoms. The number of hydrogen-bond donors (Lipinski definition) is 4. The van der Waals surface area contributed by atoms with Gasteiger partial charge in [0.25, 0.3) is 10.0 Å². The normalized spacial score (nSPS) is 13.8. The minimum atomic E-state index is -4.12. The minimum absolute atomic E-state index is 0.0109. The van der Waals surface area contributed by atoms with Crippen molar-refractivity contribution in [2.24, 2.45) is 8.92 Å². The molecule has 12 nitrogen and oxygen atoms in total. The van der Waals surface area contributed by atoms with E-state index < -0.39 is 25.8 Å². The van der Waals surface area contributed by atoms with Crippen molar-refractivity contribution in [3.8, 4) is 0 Å². The summed E-state index contributed by atoms with van der Waals surface area (Å²) in [5.41, 5.74) is 1.28. The summed E-state index contributed by atoms with van der Waals surface area (Å²) in [4.78, 5) is -0.0626. The maximum absolute atomic E-state index is 13.4. The van der Waals surface area contributed by atoms with E-state index in [0.29, 0.717) is 5.69 Å². The first kappa shape index (κ1) is 26.5. The van der Waals surface area contributed by atoms with Gasteiger partial charge in [0.2, 0.25) is 11.7 Å². The number of amidine groups is 1. The van der Waals surface area contributed by atoms with Gasteiger partial charge in [0, 0.05) is 25.0 Å². The highest BCUT2D eigenvalue weighted by molar-refractivity contribution is 9.10. The van der Waals surface area contributed by atoms with Gasteiger partial charge in [-0.3, -0.25) is 0 Å². The van der Waals surface area contributed by atoms with Crippen molar-refractivity contribution in [2.45, 2.75) is 11.8 Å². The highest BCUT2D eigenvalue weighted by Crippen LogP contribution is 2.21. The lowest BCUT2D eigenvalue weighted by atomic mass is 10.2. The Morgan fingerprint density at radius 1 is 1.14 bits per heavy atom. The third kappa shape index (κ3) is 7.20. The molecule has 16 heteroatoms. The zero-order valence-corrected chi connectivity index (χ0v) is 21.6. The van der Waals surface area contributed by atoms with Crippen LogP contribution < -0.4 is 15.4 Å². The summed E-state index contributed by atoms with van der Waals surface area (Å²) in [6.07, 6.45) is 1.17. The second-order valence-corrected chi connectivity index (χ2v) is 11.9.